The Hall–Kier alpha value is -3.23. The van der Waals surface area contributed by atoms with E-state index in [4.69, 9.17) is 25.8 Å². The molecule has 2 aromatic carbocycles. The van der Waals surface area contributed by atoms with Crippen molar-refractivity contribution in [1.29, 1.82) is 0 Å². The van der Waals surface area contributed by atoms with Crippen molar-refractivity contribution in [3.63, 3.8) is 0 Å². The molecule has 164 valence electrons. The van der Waals surface area contributed by atoms with Crippen LogP contribution < -0.4 is 9.47 Å². The molecule has 1 aliphatic heterocycles. The number of halogens is 3. The molecule has 1 aliphatic rings. The molecule has 0 spiro atoms. The van der Waals surface area contributed by atoms with Gasteiger partial charge in [0.2, 0.25) is 5.88 Å². The lowest BCUT2D eigenvalue weighted by atomic mass is 10.1. The molecule has 0 amide bonds. The quantitative estimate of drug-likeness (QED) is 0.383. The number of rotatable bonds is 5. The van der Waals surface area contributed by atoms with Crippen molar-refractivity contribution in [2.45, 2.75) is 25.6 Å². The smallest absolute Gasteiger partial charge is 0.221 e. The Morgan fingerprint density at radius 3 is 2.78 bits per heavy atom. The van der Waals surface area contributed by atoms with Gasteiger partial charge in [-0.2, -0.15) is 10.1 Å². The van der Waals surface area contributed by atoms with Crippen LogP contribution >= 0.6 is 11.6 Å². The summed E-state index contributed by atoms with van der Waals surface area (Å²) in [6.07, 6.45) is 2.66. The Balaban J connectivity index is 1.43. The molecule has 3 heterocycles. The van der Waals surface area contributed by atoms with E-state index in [1.54, 1.807) is 24.3 Å². The van der Waals surface area contributed by atoms with E-state index in [1.165, 1.54) is 6.07 Å². The molecule has 1 atom stereocenters. The van der Waals surface area contributed by atoms with E-state index in [0.29, 0.717) is 39.7 Å². The highest BCUT2D eigenvalue weighted by atomic mass is 35.5. The minimum Gasteiger partial charge on any atom is -0.465 e. The number of pyridine rings is 1. The van der Waals surface area contributed by atoms with Crippen molar-refractivity contribution >= 4 is 22.6 Å². The number of aromatic nitrogens is 3. The van der Waals surface area contributed by atoms with Crippen LogP contribution in [0.2, 0.25) is 5.02 Å². The molecule has 4 aromatic rings. The van der Waals surface area contributed by atoms with Crippen molar-refractivity contribution in [2.24, 2.45) is 0 Å². The van der Waals surface area contributed by atoms with Gasteiger partial charge in [-0.05, 0) is 49.2 Å². The SMILES string of the molecule is Fc1ccc(Oc2ccc3c(-c4cc(OC5CCCCO5)ccc4Cl)n[nH]c3n2)c(F)c1. The lowest BCUT2D eigenvalue weighted by Crippen LogP contribution is -2.24. The summed E-state index contributed by atoms with van der Waals surface area (Å²) in [5, 5.41) is 8.40. The monoisotopic (exact) mass is 457 g/mol. The minimum atomic E-state index is -0.817. The maximum Gasteiger partial charge on any atom is 0.221 e. The number of nitrogens with zero attached hydrogens (tertiary/aromatic N) is 2. The molecule has 32 heavy (non-hydrogen) atoms. The number of benzene rings is 2. The van der Waals surface area contributed by atoms with E-state index < -0.39 is 11.6 Å². The molecule has 1 unspecified atom stereocenters. The molecule has 0 radical (unpaired) electrons. The molecule has 5 rings (SSSR count). The third kappa shape index (κ3) is 4.24. The predicted molar refractivity (Wildman–Crippen MR) is 115 cm³/mol. The molecule has 1 N–H and O–H groups in total. The van der Waals surface area contributed by atoms with Crippen molar-refractivity contribution in [2.75, 3.05) is 6.61 Å². The van der Waals surface area contributed by atoms with Crippen LogP contribution in [0.3, 0.4) is 0 Å². The molecule has 0 aliphatic carbocycles. The number of fused-ring (bicyclic) bond motifs is 1. The van der Waals surface area contributed by atoms with E-state index in [9.17, 15) is 8.78 Å². The van der Waals surface area contributed by atoms with Crippen molar-refractivity contribution in [3.05, 3.63) is 65.2 Å². The van der Waals surface area contributed by atoms with Crippen LogP contribution in [0, 0.1) is 11.6 Å². The molecular weight excluding hydrogens is 440 g/mol. The third-order valence-corrected chi connectivity index (χ3v) is 5.43. The van der Waals surface area contributed by atoms with E-state index in [1.807, 2.05) is 6.07 Å². The largest absolute Gasteiger partial charge is 0.465 e. The molecule has 0 saturated carbocycles. The summed E-state index contributed by atoms with van der Waals surface area (Å²) in [5.74, 6) is -0.865. The van der Waals surface area contributed by atoms with Crippen LogP contribution in [0.4, 0.5) is 8.78 Å². The van der Waals surface area contributed by atoms with Crippen molar-refractivity contribution in [1.82, 2.24) is 15.2 Å². The molecule has 1 saturated heterocycles. The van der Waals surface area contributed by atoms with Gasteiger partial charge in [-0.25, -0.2) is 8.78 Å². The number of hydrogen-bond donors (Lipinski definition) is 1. The fraction of sp³-hybridized carbons (Fsp3) is 0.217. The Morgan fingerprint density at radius 1 is 1.06 bits per heavy atom. The van der Waals surface area contributed by atoms with Gasteiger partial charge in [0.25, 0.3) is 0 Å². The van der Waals surface area contributed by atoms with Crippen LogP contribution in [0.5, 0.6) is 17.4 Å². The summed E-state index contributed by atoms with van der Waals surface area (Å²) >= 11 is 6.44. The fourth-order valence-corrected chi connectivity index (χ4v) is 3.74. The van der Waals surface area contributed by atoms with Crippen LogP contribution in [-0.4, -0.2) is 28.1 Å². The Labute approximate surface area is 187 Å². The van der Waals surface area contributed by atoms with Crippen LogP contribution in [0.25, 0.3) is 22.3 Å². The summed E-state index contributed by atoms with van der Waals surface area (Å²) in [6.45, 7) is 0.688. The molecule has 6 nitrogen and oxygen atoms in total. The average Bonchev–Trinajstić information content (AvgIpc) is 3.21. The van der Waals surface area contributed by atoms with E-state index in [-0.39, 0.29) is 17.9 Å². The molecule has 2 aromatic heterocycles. The average molecular weight is 458 g/mol. The highest BCUT2D eigenvalue weighted by molar-refractivity contribution is 6.33. The van der Waals surface area contributed by atoms with Gasteiger partial charge in [-0.15, -0.1) is 0 Å². The van der Waals surface area contributed by atoms with Crippen molar-refractivity contribution < 1.29 is 23.0 Å². The van der Waals surface area contributed by atoms with Gasteiger partial charge < -0.3 is 14.2 Å². The molecule has 1 fully saturated rings. The maximum atomic E-state index is 13.9. The summed E-state index contributed by atoms with van der Waals surface area (Å²) < 4.78 is 44.0. The zero-order valence-electron chi connectivity index (χ0n) is 16.8. The van der Waals surface area contributed by atoms with Crippen LogP contribution in [0.15, 0.2) is 48.5 Å². The van der Waals surface area contributed by atoms with Crippen LogP contribution in [0.1, 0.15) is 19.3 Å². The normalized spacial score (nSPS) is 16.3. The Kier molecular flexibility index (Phi) is 5.63. The van der Waals surface area contributed by atoms with Gasteiger partial charge in [-0.1, -0.05) is 11.6 Å². The van der Waals surface area contributed by atoms with E-state index >= 15 is 0 Å². The Bertz CT molecular complexity index is 1270. The maximum absolute atomic E-state index is 13.9. The zero-order chi connectivity index (χ0) is 22.1. The van der Waals surface area contributed by atoms with Gasteiger partial charge in [0.15, 0.2) is 23.5 Å². The summed E-state index contributed by atoms with van der Waals surface area (Å²) in [5.41, 5.74) is 1.69. The standard InChI is InChI=1S/C23H18ClF2N3O3/c24-17-7-5-14(31-21-3-1-2-10-30-21)12-16(17)22-15-6-9-20(27-23(15)29-28-22)32-19-8-4-13(25)11-18(19)26/h4-9,11-12,21H,1-3,10H2,(H,27,28,29). The summed E-state index contributed by atoms with van der Waals surface area (Å²) in [7, 11) is 0. The first-order valence-electron chi connectivity index (χ1n) is 10.1. The second-order valence-corrected chi connectivity index (χ2v) is 7.76. The summed E-state index contributed by atoms with van der Waals surface area (Å²) in [6, 6.07) is 11.7. The van der Waals surface area contributed by atoms with Crippen molar-refractivity contribution in [3.8, 4) is 28.6 Å². The highest BCUT2D eigenvalue weighted by Crippen LogP contribution is 2.36. The Morgan fingerprint density at radius 2 is 1.97 bits per heavy atom. The molecular formula is C23H18ClF2N3O3. The van der Waals surface area contributed by atoms with Crippen LogP contribution in [-0.2, 0) is 4.74 Å². The van der Waals surface area contributed by atoms with Gasteiger partial charge in [0.1, 0.15) is 17.3 Å². The van der Waals surface area contributed by atoms with Gasteiger partial charge in [0.05, 0.1) is 11.6 Å². The first kappa shape index (κ1) is 20.7. The first-order chi connectivity index (χ1) is 15.6. The minimum absolute atomic E-state index is 0.129. The number of nitrogens with one attached hydrogen (secondary N) is 1. The van der Waals surface area contributed by atoms with Gasteiger partial charge in [-0.3, -0.25) is 5.10 Å². The fourth-order valence-electron chi connectivity index (χ4n) is 3.53. The lowest BCUT2D eigenvalue weighted by Gasteiger charge is -2.23. The highest BCUT2D eigenvalue weighted by Gasteiger charge is 2.18. The zero-order valence-corrected chi connectivity index (χ0v) is 17.5. The van der Waals surface area contributed by atoms with Gasteiger partial charge >= 0.3 is 0 Å². The number of hydrogen-bond acceptors (Lipinski definition) is 5. The second-order valence-electron chi connectivity index (χ2n) is 7.35. The lowest BCUT2D eigenvalue weighted by molar-refractivity contribution is -0.105. The van der Waals surface area contributed by atoms with Gasteiger partial charge in [0, 0.05) is 29.5 Å². The number of ether oxygens (including phenoxy) is 3. The predicted octanol–water partition coefficient (Wildman–Crippen LogP) is 6.25. The number of H-pyrrole nitrogens is 1. The first-order valence-corrected chi connectivity index (χ1v) is 10.5. The molecule has 0 bridgehead atoms. The summed E-state index contributed by atoms with van der Waals surface area (Å²) in [4.78, 5) is 4.33. The third-order valence-electron chi connectivity index (χ3n) is 5.11. The molecule has 9 heteroatoms. The van der Waals surface area contributed by atoms with E-state index in [2.05, 4.69) is 15.2 Å². The second kappa shape index (κ2) is 8.72. The number of aromatic amines is 1. The topological polar surface area (TPSA) is 69.3 Å². The van der Waals surface area contributed by atoms with E-state index in [0.717, 1.165) is 31.4 Å².